The van der Waals surface area contributed by atoms with Crippen LogP contribution in [0.3, 0.4) is 0 Å². The highest BCUT2D eigenvalue weighted by molar-refractivity contribution is 6.06. The summed E-state index contributed by atoms with van der Waals surface area (Å²) < 4.78 is 5.08. The van der Waals surface area contributed by atoms with Crippen LogP contribution in [0.25, 0.3) is 0 Å². The van der Waals surface area contributed by atoms with E-state index in [1.54, 1.807) is 24.3 Å². The second-order valence-electron chi connectivity index (χ2n) is 3.83. The average Bonchev–Trinajstić information content (AvgIpc) is 2.36. The van der Waals surface area contributed by atoms with Crippen LogP contribution in [0.4, 0.5) is 0 Å². The van der Waals surface area contributed by atoms with Gasteiger partial charge in [0.25, 0.3) is 5.91 Å². The van der Waals surface area contributed by atoms with Crippen molar-refractivity contribution in [1.82, 2.24) is 10.2 Å². The third kappa shape index (κ3) is 2.32. The Morgan fingerprint density at radius 2 is 1.83 bits per heavy atom. The van der Waals surface area contributed by atoms with E-state index in [0.29, 0.717) is 11.3 Å². The van der Waals surface area contributed by atoms with Crippen LogP contribution in [0.2, 0.25) is 0 Å². The van der Waals surface area contributed by atoms with Crippen LogP contribution in [0.5, 0.6) is 5.75 Å². The lowest BCUT2D eigenvalue weighted by Gasteiger charge is -2.25. The van der Waals surface area contributed by atoms with Gasteiger partial charge in [0.15, 0.2) is 0 Å². The van der Waals surface area contributed by atoms with E-state index in [-0.39, 0.29) is 13.1 Å². The number of piperazine rings is 1. The Kier molecular flexibility index (Phi) is 3.27. The fourth-order valence-corrected chi connectivity index (χ4v) is 1.77. The molecule has 0 unspecified atom stereocenters. The van der Waals surface area contributed by atoms with Gasteiger partial charge < -0.3 is 9.64 Å². The minimum absolute atomic E-state index is 0.122. The molecular weight excluding hydrogens is 236 g/mol. The molecule has 6 nitrogen and oxygen atoms in total. The summed E-state index contributed by atoms with van der Waals surface area (Å²) in [6.45, 7) is -0.245. The second-order valence-corrected chi connectivity index (χ2v) is 3.83. The number of carbonyl (C=O) groups is 3. The molecule has 1 aliphatic rings. The first kappa shape index (κ1) is 12.1. The van der Waals surface area contributed by atoms with Crippen molar-refractivity contribution in [2.45, 2.75) is 0 Å². The fourth-order valence-electron chi connectivity index (χ4n) is 1.77. The fraction of sp³-hybridized carbons (Fsp3) is 0.250. The number of carbonyl (C=O) groups excluding carboxylic acids is 3. The number of rotatable bonds is 2. The Bertz CT molecular complexity index is 497. The first-order valence-electron chi connectivity index (χ1n) is 5.37. The molecule has 1 fully saturated rings. The highest BCUT2D eigenvalue weighted by Crippen LogP contribution is 2.19. The maximum atomic E-state index is 12.2. The SMILES string of the molecule is COc1ccccc1C(=O)N1CC(=O)NC(=O)C1. The monoisotopic (exact) mass is 248 g/mol. The summed E-state index contributed by atoms with van der Waals surface area (Å²) in [5.41, 5.74) is 0.336. The van der Waals surface area contributed by atoms with Gasteiger partial charge in [-0.15, -0.1) is 0 Å². The van der Waals surface area contributed by atoms with Crippen LogP contribution >= 0.6 is 0 Å². The summed E-state index contributed by atoms with van der Waals surface area (Å²) in [4.78, 5) is 35.8. The standard InChI is InChI=1S/C12H12N2O4/c1-18-9-5-3-2-4-8(9)12(17)14-6-10(15)13-11(16)7-14/h2-5H,6-7H2,1H3,(H,13,15,16). The molecule has 0 saturated carbocycles. The molecule has 6 heteroatoms. The molecule has 18 heavy (non-hydrogen) atoms. The van der Waals surface area contributed by atoms with Crippen molar-refractivity contribution in [3.05, 3.63) is 29.8 Å². The van der Waals surface area contributed by atoms with Gasteiger partial charge in [-0.05, 0) is 12.1 Å². The Morgan fingerprint density at radius 1 is 1.22 bits per heavy atom. The van der Waals surface area contributed by atoms with E-state index in [9.17, 15) is 14.4 Å². The molecule has 94 valence electrons. The van der Waals surface area contributed by atoms with Crippen molar-refractivity contribution in [2.24, 2.45) is 0 Å². The van der Waals surface area contributed by atoms with E-state index in [1.807, 2.05) is 0 Å². The third-order valence-corrected chi connectivity index (χ3v) is 2.57. The number of nitrogens with one attached hydrogen (secondary N) is 1. The van der Waals surface area contributed by atoms with Gasteiger partial charge in [-0.3, -0.25) is 19.7 Å². The predicted octanol–water partition coefficient (Wildman–Crippen LogP) is -0.206. The van der Waals surface area contributed by atoms with Gasteiger partial charge in [0.1, 0.15) is 18.8 Å². The normalized spacial score (nSPS) is 15.3. The molecule has 3 amide bonds. The van der Waals surface area contributed by atoms with Crippen molar-refractivity contribution in [2.75, 3.05) is 20.2 Å². The molecule has 0 spiro atoms. The molecular formula is C12H12N2O4. The third-order valence-electron chi connectivity index (χ3n) is 2.57. The molecule has 1 aliphatic heterocycles. The smallest absolute Gasteiger partial charge is 0.258 e. The van der Waals surface area contributed by atoms with Gasteiger partial charge in [0, 0.05) is 0 Å². The van der Waals surface area contributed by atoms with Crippen LogP contribution in [0.15, 0.2) is 24.3 Å². The van der Waals surface area contributed by atoms with Crippen LogP contribution < -0.4 is 10.1 Å². The summed E-state index contributed by atoms with van der Waals surface area (Å²) in [7, 11) is 1.46. The predicted molar refractivity (Wildman–Crippen MR) is 62.0 cm³/mol. The minimum atomic E-state index is -0.477. The van der Waals surface area contributed by atoms with Gasteiger partial charge in [0.2, 0.25) is 11.8 Å². The largest absolute Gasteiger partial charge is 0.496 e. The van der Waals surface area contributed by atoms with Crippen LogP contribution in [0, 0.1) is 0 Å². The molecule has 1 aromatic carbocycles. The van der Waals surface area contributed by atoms with E-state index >= 15 is 0 Å². The summed E-state index contributed by atoms with van der Waals surface area (Å²) in [6.07, 6.45) is 0. The summed E-state index contributed by atoms with van der Waals surface area (Å²) in [5, 5.41) is 2.14. The van der Waals surface area contributed by atoms with Crippen LogP contribution in [-0.4, -0.2) is 42.8 Å². The van der Waals surface area contributed by atoms with E-state index in [1.165, 1.54) is 12.0 Å². The molecule has 0 radical (unpaired) electrons. The van der Waals surface area contributed by atoms with E-state index in [0.717, 1.165) is 0 Å². The number of para-hydroxylation sites is 1. The number of nitrogens with zero attached hydrogens (tertiary/aromatic N) is 1. The number of amides is 3. The molecule has 0 aromatic heterocycles. The number of methoxy groups -OCH3 is 1. The Morgan fingerprint density at radius 3 is 2.44 bits per heavy atom. The molecule has 2 rings (SSSR count). The molecule has 1 heterocycles. The number of ether oxygens (including phenoxy) is 1. The lowest BCUT2D eigenvalue weighted by atomic mass is 10.1. The Balaban J connectivity index is 2.25. The average molecular weight is 248 g/mol. The topological polar surface area (TPSA) is 75.7 Å². The van der Waals surface area contributed by atoms with Gasteiger partial charge >= 0.3 is 0 Å². The maximum absolute atomic E-state index is 12.2. The zero-order valence-corrected chi connectivity index (χ0v) is 9.80. The molecule has 1 aromatic rings. The summed E-state index contributed by atoms with van der Waals surface area (Å²) >= 11 is 0. The van der Waals surface area contributed by atoms with Crippen molar-refractivity contribution < 1.29 is 19.1 Å². The Labute approximate surface area is 104 Å². The molecule has 1 saturated heterocycles. The highest BCUT2D eigenvalue weighted by atomic mass is 16.5. The zero-order chi connectivity index (χ0) is 13.1. The number of imide groups is 1. The maximum Gasteiger partial charge on any atom is 0.258 e. The minimum Gasteiger partial charge on any atom is -0.496 e. The lowest BCUT2D eigenvalue weighted by Crippen LogP contribution is -2.53. The lowest BCUT2D eigenvalue weighted by molar-refractivity contribution is -0.135. The van der Waals surface area contributed by atoms with Gasteiger partial charge in [-0.25, -0.2) is 0 Å². The quantitative estimate of drug-likeness (QED) is 0.735. The summed E-state index contributed by atoms with van der Waals surface area (Å²) in [6, 6.07) is 6.68. The highest BCUT2D eigenvalue weighted by Gasteiger charge is 2.28. The number of hydrogen-bond donors (Lipinski definition) is 1. The van der Waals surface area contributed by atoms with Crippen molar-refractivity contribution in [3.63, 3.8) is 0 Å². The van der Waals surface area contributed by atoms with E-state index in [4.69, 9.17) is 4.74 Å². The number of benzene rings is 1. The zero-order valence-electron chi connectivity index (χ0n) is 9.80. The van der Waals surface area contributed by atoms with Gasteiger partial charge in [0.05, 0.1) is 12.7 Å². The summed E-state index contributed by atoms with van der Waals surface area (Å²) in [5.74, 6) is -0.930. The molecule has 0 atom stereocenters. The Hall–Kier alpha value is -2.37. The van der Waals surface area contributed by atoms with Crippen molar-refractivity contribution in [3.8, 4) is 5.75 Å². The molecule has 0 aliphatic carbocycles. The van der Waals surface area contributed by atoms with Crippen molar-refractivity contribution in [1.29, 1.82) is 0 Å². The van der Waals surface area contributed by atoms with E-state index < -0.39 is 17.7 Å². The van der Waals surface area contributed by atoms with Gasteiger partial charge in [-0.2, -0.15) is 0 Å². The molecule has 1 N–H and O–H groups in total. The van der Waals surface area contributed by atoms with Crippen LogP contribution in [0.1, 0.15) is 10.4 Å². The van der Waals surface area contributed by atoms with E-state index in [2.05, 4.69) is 5.32 Å². The molecule has 0 bridgehead atoms. The van der Waals surface area contributed by atoms with Crippen LogP contribution in [-0.2, 0) is 9.59 Å². The second kappa shape index (κ2) is 4.87. The van der Waals surface area contributed by atoms with Gasteiger partial charge in [-0.1, -0.05) is 12.1 Å². The first-order valence-corrected chi connectivity index (χ1v) is 5.37. The first-order chi connectivity index (χ1) is 8.61. The number of hydrogen-bond acceptors (Lipinski definition) is 4. The van der Waals surface area contributed by atoms with Crippen molar-refractivity contribution >= 4 is 17.7 Å².